The van der Waals surface area contributed by atoms with Gasteiger partial charge < -0.3 is 0 Å². The summed E-state index contributed by atoms with van der Waals surface area (Å²) in [6, 6.07) is 5.87. The number of nitrogens with one attached hydrogen (secondary N) is 1. The Morgan fingerprint density at radius 2 is 1.62 bits per heavy atom. The zero-order chi connectivity index (χ0) is 12.4. The molecule has 16 heavy (non-hydrogen) atoms. The van der Waals surface area contributed by atoms with Gasteiger partial charge in [-0.1, -0.05) is 12.1 Å². The van der Waals surface area contributed by atoms with E-state index in [0.717, 1.165) is 6.26 Å². The number of rotatable bonds is 4. The Balaban J connectivity index is 2.81. The molecule has 90 valence electrons. The fraction of sp³-hybridized carbons (Fsp3) is 0.250. The Morgan fingerprint density at radius 3 is 2.00 bits per heavy atom. The third-order valence-corrected chi connectivity index (χ3v) is 3.50. The maximum Gasteiger partial charge on any atom is 0.274 e. The predicted octanol–water partition coefficient (Wildman–Crippen LogP) is -0.617. The van der Waals surface area contributed by atoms with E-state index in [4.69, 9.17) is 5.14 Å². The average molecular weight is 264 g/mol. The van der Waals surface area contributed by atoms with Gasteiger partial charge in [-0.15, -0.1) is 0 Å². The summed E-state index contributed by atoms with van der Waals surface area (Å²) < 4.78 is 45.6. The number of sulfone groups is 1. The molecule has 0 amide bonds. The molecule has 1 aromatic rings. The SMILES string of the molecule is CS(=O)(=O)c1ccc(CNS(N)(=O)=O)cc1. The van der Waals surface area contributed by atoms with E-state index >= 15 is 0 Å². The standard InChI is InChI=1S/C8H12N2O4S2/c1-15(11,12)8-4-2-7(3-5-8)6-10-16(9,13)14/h2-5,10H,6H2,1H3,(H2,9,13,14). The van der Waals surface area contributed by atoms with Gasteiger partial charge in [-0.05, 0) is 17.7 Å². The van der Waals surface area contributed by atoms with Gasteiger partial charge >= 0.3 is 0 Å². The van der Waals surface area contributed by atoms with E-state index in [1.807, 2.05) is 0 Å². The first kappa shape index (κ1) is 13.1. The molecule has 0 bridgehead atoms. The molecule has 3 N–H and O–H groups in total. The normalized spacial score (nSPS) is 12.6. The minimum Gasteiger partial charge on any atom is -0.224 e. The van der Waals surface area contributed by atoms with Gasteiger partial charge in [0.25, 0.3) is 10.2 Å². The van der Waals surface area contributed by atoms with E-state index in [-0.39, 0.29) is 11.4 Å². The lowest BCUT2D eigenvalue weighted by Crippen LogP contribution is -2.30. The van der Waals surface area contributed by atoms with Gasteiger partial charge in [-0.25, -0.2) is 13.6 Å². The molecular formula is C8H12N2O4S2. The Kier molecular flexibility index (Phi) is 3.68. The summed E-state index contributed by atoms with van der Waals surface area (Å²) >= 11 is 0. The van der Waals surface area contributed by atoms with E-state index < -0.39 is 20.0 Å². The fourth-order valence-corrected chi connectivity index (χ4v) is 2.04. The van der Waals surface area contributed by atoms with Crippen molar-refractivity contribution in [2.75, 3.05) is 6.26 Å². The maximum atomic E-state index is 11.1. The van der Waals surface area contributed by atoms with E-state index in [2.05, 4.69) is 4.72 Å². The van der Waals surface area contributed by atoms with Crippen LogP contribution in [0, 0.1) is 0 Å². The number of nitrogens with two attached hydrogens (primary N) is 1. The zero-order valence-corrected chi connectivity index (χ0v) is 10.2. The van der Waals surface area contributed by atoms with Crippen LogP contribution >= 0.6 is 0 Å². The molecule has 0 aromatic heterocycles. The summed E-state index contributed by atoms with van der Waals surface area (Å²) in [6.07, 6.45) is 1.10. The summed E-state index contributed by atoms with van der Waals surface area (Å²) in [5.74, 6) is 0. The molecule has 0 aliphatic carbocycles. The first-order valence-electron chi connectivity index (χ1n) is 4.25. The largest absolute Gasteiger partial charge is 0.274 e. The second-order valence-electron chi connectivity index (χ2n) is 3.28. The smallest absolute Gasteiger partial charge is 0.224 e. The van der Waals surface area contributed by atoms with Crippen molar-refractivity contribution >= 4 is 20.0 Å². The Hall–Kier alpha value is -0.960. The molecule has 0 atom stereocenters. The quantitative estimate of drug-likeness (QED) is 0.756. The van der Waals surface area contributed by atoms with Crippen molar-refractivity contribution < 1.29 is 16.8 Å². The highest BCUT2D eigenvalue weighted by molar-refractivity contribution is 7.90. The van der Waals surface area contributed by atoms with Crippen LogP contribution < -0.4 is 9.86 Å². The minimum absolute atomic E-state index is 0.0306. The molecule has 0 unspecified atom stereocenters. The lowest BCUT2D eigenvalue weighted by Gasteiger charge is -2.03. The van der Waals surface area contributed by atoms with Crippen molar-refractivity contribution in [2.24, 2.45) is 5.14 Å². The first-order valence-corrected chi connectivity index (χ1v) is 7.69. The number of hydrogen-bond acceptors (Lipinski definition) is 4. The molecule has 0 saturated carbocycles. The first-order chi connectivity index (χ1) is 7.18. The average Bonchev–Trinajstić information content (AvgIpc) is 2.13. The number of benzene rings is 1. The number of hydrogen-bond donors (Lipinski definition) is 2. The minimum atomic E-state index is -3.73. The highest BCUT2D eigenvalue weighted by Gasteiger charge is 2.06. The Morgan fingerprint density at radius 1 is 1.12 bits per heavy atom. The molecule has 0 spiro atoms. The van der Waals surface area contributed by atoms with Crippen molar-refractivity contribution in [1.82, 2.24) is 4.72 Å². The lowest BCUT2D eigenvalue weighted by molar-refractivity contribution is 0.582. The predicted molar refractivity (Wildman–Crippen MR) is 59.5 cm³/mol. The van der Waals surface area contributed by atoms with Crippen LogP contribution in [-0.2, 0) is 26.6 Å². The zero-order valence-electron chi connectivity index (χ0n) is 8.54. The molecule has 8 heteroatoms. The third kappa shape index (κ3) is 4.27. The summed E-state index contributed by atoms with van der Waals surface area (Å²) in [6.45, 7) is 0.0306. The highest BCUT2D eigenvalue weighted by atomic mass is 32.2. The van der Waals surface area contributed by atoms with E-state index in [9.17, 15) is 16.8 Å². The van der Waals surface area contributed by atoms with E-state index in [1.165, 1.54) is 24.3 Å². The van der Waals surface area contributed by atoms with Gasteiger partial charge in [0.05, 0.1) is 4.90 Å². The molecule has 1 rings (SSSR count). The monoisotopic (exact) mass is 264 g/mol. The molecule has 6 nitrogen and oxygen atoms in total. The summed E-state index contributed by atoms with van der Waals surface area (Å²) in [7, 11) is -6.96. The molecule has 0 radical (unpaired) electrons. The topological polar surface area (TPSA) is 106 Å². The molecule has 0 heterocycles. The van der Waals surface area contributed by atoms with E-state index in [0.29, 0.717) is 5.56 Å². The van der Waals surface area contributed by atoms with Crippen molar-refractivity contribution in [2.45, 2.75) is 11.4 Å². The van der Waals surface area contributed by atoms with Crippen LogP contribution in [0.2, 0.25) is 0 Å². The molecule has 0 fully saturated rings. The third-order valence-electron chi connectivity index (χ3n) is 1.83. The molecule has 1 aromatic carbocycles. The molecular weight excluding hydrogens is 252 g/mol. The summed E-state index contributed by atoms with van der Waals surface area (Å²) in [5, 5.41) is 4.75. The van der Waals surface area contributed by atoms with Gasteiger partial charge in [0.2, 0.25) is 0 Å². The fourth-order valence-electron chi connectivity index (χ4n) is 1.04. The highest BCUT2D eigenvalue weighted by Crippen LogP contribution is 2.10. The van der Waals surface area contributed by atoms with Crippen LogP contribution in [0.1, 0.15) is 5.56 Å². The van der Waals surface area contributed by atoms with Gasteiger partial charge in [0, 0.05) is 12.8 Å². The van der Waals surface area contributed by atoms with Gasteiger partial charge in [0.1, 0.15) is 0 Å². The molecule has 0 saturated heterocycles. The van der Waals surface area contributed by atoms with Gasteiger partial charge in [-0.2, -0.15) is 13.1 Å². The second-order valence-corrected chi connectivity index (χ2v) is 6.68. The van der Waals surface area contributed by atoms with Gasteiger partial charge in [0.15, 0.2) is 9.84 Å². The van der Waals surface area contributed by atoms with Crippen LogP contribution in [0.4, 0.5) is 0 Å². The van der Waals surface area contributed by atoms with Crippen molar-refractivity contribution in [1.29, 1.82) is 0 Å². The summed E-state index contributed by atoms with van der Waals surface area (Å²) in [4.78, 5) is 0.187. The van der Waals surface area contributed by atoms with Crippen molar-refractivity contribution in [3.63, 3.8) is 0 Å². The van der Waals surface area contributed by atoms with Crippen LogP contribution in [0.15, 0.2) is 29.2 Å². The second kappa shape index (κ2) is 4.50. The van der Waals surface area contributed by atoms with Crippen molar-refractivity contribution in [3.8, 4) is 0 Å². The Labute approximate surface area is 94.6 Å². The summed E-state index contributed by atoms with van der Waals surface area (Å²) in [5.41, 5.74) is 0.626. The van der Waals surface area contributed by atoms with Crippen molar-refractivity contribution in [3.05, 3.63) is 29.8 Å². The Bertz CT molecular complexity index is 561. The van der Waals surface area contributed by atoms with E-state index in [1.54, 1.807) is 0 Å². The van der Waals surface area contributed by atoms with Gasteiger partial charge in [-0.3, -0.25) is 0 Å². The van der Waals surface area contributed by atoms with Crippen LogP contribution in [0.3, 0.4) is 0 Å². The lowest BCUT2D eigenvalue weighted by atomic mass is 10.2. The maximum absolute atomic E-state index is 11.1. The molecule has 0 aliphatic heterocycles. The van der Waals surface area contributed by atoms with Crippen LogP contribution in [-0.4, -0.2) is 23.1 Å². The molecule has 0 aliphatic rings. The van der Waals surface area contributed by atoms with Crippen LogP contribution in [0.5, 0.6) is 0 Å². The van der Waals surface area contributed by atoms with Crippen LogP contribution in [0.25, 0.3) is 0 Å².